The van der Waals surface area contributed by atoms with E-state index < -0.39 is 0 Å². The second-order valence-corrected chi connectivity index (χ2v) is 6.93. The third kappa shape index (κ3) is 4.55. The van der Waals surface area contributed by atoms with Gasteiger partial charge in [-0.1, -0.05) is 54.1 Å². The van der Waals surface area contributed by atoms with Gasteiger partial charge in [0.05, 0.1) is 12.1 Å². The third-order valence-electron chi connectivity index (χ3n) is 4.59. The monoisotopic (exact) mass is 371 g/mol. The van der Waals surface area contributed by atoms with E-state index in [1.165, 1.54) is 0 Å². The molecule has 6 heteroatoms. The zero-order chi connectivity index (χ0) is 18.5. The van der Waals surface area contributed by atoms with E-state index in [4.69, 9.17) is 11.6 Å². The average Bonchev–Trinajstić information content (AvgIpc) is 3.00. The Balaban J connectivity index is 1.51. The molecule has 1 heterocycles. The summed E-state index contributed by atoms with van der Waals surface area (Å²) in [6, 6.07) is 16.8. The molecule has 3 amide bonds. The van der Waals surface area contributed by atoms with Crippen LogP contribution < -0.4 is 10.6 Å². The third-order valence-corrected chi connectivity index (χ3v) is 4.82. The Hall–Kier alpha value is -2.53. The fourth-order valence-corrected chi connectivity index (χ4v) is 3.39. The molecule has 0 bridgehead atoms. The van der Waals surface area contributed by atoms with Crippen LogP contribution >= 0.6 is 11.6 Å². The Morgan fingerprint density at radius 2 is 2.00 bits per heavy atom. The fraction of sp³-hybridized carbons (Fsp3) is 0.300. The Bertz CT molecular complexity index is 782. The molecule has 2 N–H and O–H groups in total. The highest BCUT2D eigenvalue weighted by molar-refractivity contribution is 6.30. The van der Waals surface area contributed by atoms with E-state index in [1.54, 1.807) is 6.07 Å². The van der Waals surface area contributed by atoms with E-state index in [1.807, 2.05) is 60.4 Å². The smallest absolute Gasteiger partial charge is 0.315 e. The highest BCUT2D eigenvalue weighted by Crippen LogP contribution is 2.25. The van der Waals surface area contributed by atoms with E-state index in [2.05, 4.69) is 10.6 Å². The molecule has 2 aromatic carbocycles. The van der Waals surface area contributed by atoms with Crippen molar-refractivity contribution in [1.82, 2.24) is 15.5 Å². The van der Waals surface area contributed by atoms with Crippen molar-refractivity contribution in [3.05, 3.63) is 70.7 Å². The quantitative estimate of drug-likeness (QED) is 0.845. The maximum absolute atomic E-state index is 12.3. The highest BCUT2D eigenvalue weighted by atomic mass is 35.5. The lowest BCUT2D eigenvalue weighted by atomic mass is 10.1. The van der Waals surface area contributed by atoms with E-state index in [0.29, 0.717) is 24.5 Å². The largest absolute Gasteiger partial charge is 0.334 e. The van der Waals surface area contributed by atoms with Gasteiger partial charge < -0.3 is 15.5 Å². The molecule has 2 atom stereocenters. The summed E-state index contributed by atoms with van der Waals surface area (Å²) in [5, 5.41) is 6.33. The number of rotatable bonds is 5. The van der Waals surface area contributed by atoms with Gasteiger partial charge in [0.2, 0.25) is 5.91 Å². The van der Waals surface area contributed by atoms with Crippen LogP contribution in [0.1, 0.15) is 30.5 Å². The number of benzene rings is 2. The number of nitrogens with one attached hydrogen (secondary N) is 2. The number of nitrogens with zero attached hydrogens (tertiary/aromatic N) is 1. The van der Waals surface area contributed by atoms with Gasteiger partial charge in [-0.2, -0.15) is 0 Å². The lowest BCUT2D eigenvalue weighted by molar-refractivity contribution is -0.129. The Labute approximate surface area is 158 Å². The molecule has 2 aromatic rings. The molecule has 2 unspecified atom stereocenters. The summed E-state index contributed by atoms with van der Waals surface area (Å²) >= 11 is 5.94. The van der Waals surface area contributed by atoms with Crippen LogP contribution in [0, 0.1) is 0 Å². The van der Waals surface area contributed by atoms with Crippen molar-refractivity contribution in [3.8, 4) is 0 Å². The minimum absolute atomic E-state index is 0.00924. The topological polar surface area (TPSA) is 61.4 Å². The first-order valence-electron chi connectivity index (χ1n) is 8.66. The summed E-state index contributed by atoms with van der Waals surface area (Å²) in [6.45, 7) is 2.91. The van der Waals surface area contributed by atoms with Gasteiger partial charge in [0.1, 0.15) is 0 Å². The maximum Gasteiger partial charge on any atom is 0.315 e. The molecule has 26 heavy (non-hydrogen) atoms. The van der Waals surface area contributed by atoms with Gasteiger partial charge in [-0.3, -0.25) is 4.79 Å². The number of carbonyl (C=O) groups excluding carboxylic acids is 2. The second-order valence-electron chi connectivity index (χ2n) is 6.49. The predicted molar refractivity (Wildman–Crippen MR) is 102 cm³/mol. The SMILES string of the molecule is CC(c1ccccc1)N1CC(NC(=O)NCc2cccc(Cl)c2)CC1=O. The van der Waals surface area contributed by atoms with Gasteiger partial charge in [-0.05, 0) is 30.2 Å². The Morgan fingerprint density at radius 1 is 1.23 bits per heavy atom. The van der Waals surface area contributed by atoms with Gasteiger partial charge in [0.25, 0.3) is 0 Å². The first-order chi connectivity index (χ1) is 12.5. The Kier molecular flexibility index (Phi) is 5.78. The van der Waals surface area contributed by atoms with Crippen molar-refractivity contribution in [2.75, 3.05) is 6.54 Å². The molecule has 1 saturated heterocycles. The highest BCUT2D eigenvalue weighted by Gasteiger charge is 2.33. The molecule has 0 aliphatic carbocycles. The van der Waals surface area contributed by atoms with Crippen molar-refractivity contribution >= 4 is 23.5 Å². The molecule has 0 spiro atoms. The number of hydrogen-bond acceptors (Lipinski definition) is 2. The standard InChI is InChI=1S/C20H22ClN3O2/c1-14(16-7-3-2-4-8-16)24-13-18(11-19(24)25)23-20(26)22-12-15-6-5-9-17(21)10-15/h2-10,14,18H,11-13H2,1H3,(H2,22,23,26). The molecule has 0 radical (unpaired) electrons. The molecule has 136 valence electrons. The van der Waals surface area contributed by atoms with E-state index >= 15 is 0 Å². The number of halogens is 1. The Morgan fingerprint density at radius 3 is 2.73 bits per heavy atom. The summed E-state index contributed by atoms with van der Waals surface area (Å²) in [4.78, 5) is 26.3. The number of amides is 3. The number of hydrogen-bond donors (Lipinski definition) is 2. The first-order valence-corrected chi connectivity index (χ1v) is 9.04. The van der Waals surface area contributed by atoms with Crippen molar-refractivity contribution < 1.29 is 9.59 Å². The van der Waals surface area contributed by atoms with Gasteiger partial charge in [-0.15, -0.1) is 0 Å². The van der Waals surface area contributed by atoms with Crippen LogP contribution in [-0.4, -0.2) is 29.4 Å². The number of urea groups is 1. The van der Waals surface area contributed by atoms with Crippen LogP contribution in [0.5, 0.6) is 0 Å². The lowest BCUT2D eigenvalue weighted by Gasteiger charge is -2.25. The molecular formula is C20H22ClN3O2. The summed E-state index contributed by atoms with van der Waals surface area (Å²) in [6.07, 6.45) is 0.321. The number of likely N-dealkylation sites (tertiary alicyclic amines) is 1. The maximum atomic E-state index is 12.3. The fourth-order valence-electron chi connectivity index (χ4n) is 3.18. The number of carbonyl (C=O) groups is 2. The van der Waals surface area contributed by atoms with E-state index in [-0.39, 0.29) is 24.0 Å². The van der Waals surface area contributed by atoms with Gasteiger partial charge in [0, 0.05) is 24.5 Å². The normalized spacial score (nSPS) is 17.8. The molecule has 3 rings (SSSR count). The second kappa shape index (κ2) is 8.23. The van der Waals surface area contributed by atoms with Gasteiger partial charge in [-0.25, -0.2) is 4.79 Å². The van der Waals surface area contributed by atoms with Crippen LogP contribution in [0.4, 0.5) is 4.79 Å². The van der Waals surface area contributed by atoms with Gasteiger partial charge in [0.15, 0.2) is 0 Å². The minimum atomic E-state index is -0.281. The van der Waals surface area contributed by atoms with Crippen LogP contribution in [0.3, 0.4) is 0 Å². The first kappa shape index (κ1) is 18.3. The van der Waals surface area contributed by atoms with Crippen LogP contribution in [0.25, 0.3) is 0 Å². The molecule has 0 aromatic heterocycles. The zero-order valence-corrected chi connectivity index (χ0v) is 15.4. The zero-order valence-electron chi connectivity index (χ0n) is 14.6. The van der Waals surface area contributed by atoms with Gasteiger partial charge >= 0.3 is 6.03 Å². The van der Waals surface area contributed by atoms with E-state index in [9.17, 15) is 9.59 Å². The summed E-state index contributed by atoms with van der Waals surface area (Å²) < 4.78 is 0. The summed E-state index contributed by atoms with van der Waals surface area (Å²) in [5.41, 5.74) is 2.02. The van der Waals surface area contributed by atoms with Crippen LogP contribution in [-0.2, 0) is 11.3 Å². The molecular weight excluding hydrogens is 350 g/mol. The summed E-state index contributed by atoms with van der Waals surface area (Å²) in [5.74, 6) is 0.0569. The minimum Gasteiger partial charge on any atom is -0.334 e. The predicted octanol–water partition coefficient (Wildman–Crippen LogP) is 3.50. The van der Waals surface area contributed by atoms with Crippen molar-refractivity contribution in [2.45, 2.75) is 32.0 Å². The van der Waals surface area contributed by atoms with Crippen molar-refractivity contribution in [3.63, 3.8) is 0 Å². The molecule has 5 nitrogen and oxygen atoms in total. The molecule has 1 fully saturated rings. The molecule has 1 aliphatic rings. The molecule has 0 saturated carbocycles. The molecule has 1 aliphatic heterocycles. The van der Waals surface area contributed by atoms with E-state index in [0.717, 1.165) is 11.1 Å². The van der Waals surface area contributed by atoms with Crippen molar-refractivity contribution in [1.29, 1.82) is 0 Å². The lowest BCUT2D eigenvalue weighted by Crippen LogP contribution is -2.43. The van der Waals surface area contributed by atoms with Crippen molar-refractivity contribution in [2.24, 2.45) is 0 Å². The van der Waals surface area contributed by atoms with Crippen LogP contribution in [0.15, 0.2) is 54.6 Å². The average molecular weight is 372 g/mol. The van der Waals surface area contributed by atoms with Crippen LogP contribution in [0.2, 0.25) is 5.02 Å². The summed E-state index contributed by atoms with van der Waals surface area (Å²) in [7, 11) is 0.